The van der Waals surface area contributed by atoms with Crippen LogP contribution in [0.4, 0.5) is 0 Å². The van der Waals surface area contributed by atoms with Crippen LogP contribution in [0.2, 0.25) is 0 Å². The van der Waals surface area contributed by atoms with Gasteiger partial charge >= 0.3 is 5.97 Å². The summed E-state index contributed by atoms with van der Waals surface area (Å²) in [5.74, 6) is -0.979. The van der Waals surface area contributed by atoms with Crippen molar-refractivity contribution in [1.29, 1.82) is 0 Å². The molecule has 0 spiro atoms. The standard InChI is InChI=1S/C5H4I2N2O2/c1-9-4(7)2(6)3(8-9)5(10)11/h1H3,(H,10,11). The van der Waals surface area contributed by atoms with E-state index in [4.69, 9.17) is 5.11 Å². The van der Waals surface area contributed by atoms with E-state index < -0.39 is 5.97 Å². The summed E-state index contributed by atoms with van der Waals surface area (Å²) >= 11 is 4.02. The zero-order chi connectivity index (χ0) is 8.59. The third kappa shape index (κ3) is 1.66. The van der Waals surface area contributed by atoms with Crippen LogP contribution in [0.1, 0.15) is 10.5 Å². The zero-order valence-corrected chi connectivity index (χ0v) is 9.82. The minimum Gasteiger partial charge on any atom is -0.476 e. The van der Waals surface area contributed by atoms with E-state index in [2.05, 4.69) is 27.7 Å². The summed E-state index contributed by atoms with van der Waals surface area (Å²) < 4.78 is 3.09. The predicted octanol–water partition coefficient (Wildman–Crippen LogP) is 1.33. The second kappa shape index (κ2) is 3.25. The van der Waals surface area contributed by atoms with Gasteiger partial charge < -0.3 is 5.11 Å². The van der Waals surface area contributed by atoms with Crippen LogP contribution in [0.3, 0.4) is 0 Å². The van der Waals surface area contributed by atoms with Gasteiger partial charge in [0.15, 0.2) is 5.69 Å². The molecule has 0 saturated carbocycles. The molecule has 0 aliphatic rings. The van der Waals surface area contributed by atoms with Crippen molar-refractivity contribution in [3.63, 3.8) is 0 Å². The number of hydrogen-bond donors (Lipinski definition) is 1. The summed E-state index contributed by atoms with van der Waals surface area (Å²) in [6.07, 6.45) is 0. The van der Waals surface area contributed by atoms with E-state index in [0.29, 0.717) is 3.57 Å². The summed E-state index contributed by atoms with van der Waals surface area (Å²) in [6.45, 7) is 0. The maximum Gasteiger partial charge on any atom is 0.357 e. The van der Waals surface area contributed by atoms with Crippen molar-refractivity contribution in [1.82, 2.24) is 9.78 Å². The monoisotopic (exact) mass is 378 g/mol. The lowest BCUT2D eigenvalue weighted by Gasteiger charge is -1.87. The van der Waals surface area contributed by atoms with Crippen LogP contribution < -0.4 is 0 Å². The third-order valence-electron chi connectivity index (χ3n) is 1.13. The van der Waals surface area contributed by atoms with Crippen molar-refractivity contribution in [2.45, 2.75) is 0 Å². The molecule has 1 N–H and O–H groups in total. The molecule has 0 bridgehead atoms. The Hall–Kier alpha value is 0.140. The molecule has 0 saturated heterocycles. The van der Waals surface area contributed by atoms with Crippen molar-refractivity contribution in [2.24, 2.45) is 7.05 Å². The summed E-state index contributed by atoms with van der Waals surface area (Å²) in [5.41, 5.74) is 0.123. The molecule has 11 heavy (non-hydrogen) atoms. The van der Waals surface area contributed by atoms with Gasteiger partial charge in [-0.25, -0.2) is 4.79 Å². The molecule has 1 aromatic heterocycles. The van der Waals surface area contributed by atoms with Crippen molar-refractivity contribution < 1.29 is 9.90 Å². The van der Waals surface area contributed by atoms with Crippen LogP contribution in [-0.2, 0) is 7.05 Å². The van der Waals surface area contributed by atoms with Gasteiger partial charge in [-0.3, -0.25) is 4.68 Å². The molecule has 4 nitrogen and oxygen atoms in total. The molecule has 0 amide bonds. The first-order chi connectivity index (χ1) is 5.04. The molecule has 1 aromatic rings. The number of halogens is 2. The summed E-state index contributed by atoms with van der Waals surface area (Å²) in [7, 11) is 1.72. The molecule has 0 aliphatic heterocycles. The number of nitrogens with zero attached hydrogens (tertiary/aromatic N) is 2. The number of aromatic nitrogens is 2. The van der Waals surface area contributed by atoms with Crippen molar-refractivity contribution in [3.8, 4) is 0 Å². The lowest BCUT2D eigenvalue weighted by Crippen LogP contribution is -2.00. The lowest BCUT2D eigenvalue weighted by molar-refractivity contribution is 0.0688. The van der Waals surface area contributed by atoms with E-state index >= 15 is 0 Å². The number of hydrogen-bond acceptors (Lipinski definition) is 2. The Morgan fingerprint density at radius 3 is 2.36 bits per heavy atom. The molecular weight excluding hydrogens is 374 g/mol. The zero-order valence-electron chi connectivity index (χ0n) is 5.51. The Kier molecular flexibility index (Phi) is 2.73. The average Bonchev–Trinajstić information content (AvgIpc) is 2.17. The second-order valence-corrected chi connectivity index (χ2v) is 3.98. The SMILES string of the molecule is Cn1nc(C(=O)O)c(I)c1I. The molecule has 0 radical (unpaired) electrons. The first-order valence-corrected chi connectivity index (χ1v) is 4.81. The Morgan fingerprint density at radius 2 is 2.18 bits per heavy atom. The molecule has 1 heterocycles. The van der Waals surface area contributed by atoms with Crippen LogP contribution in [0.15, 0.2) is 0 Å². The number of carbonyl (C=O) groups is 1. The normalized spacial score (nSPS) is 10.1. The van der Waals surface area contributed by atoms with Crippen molar-refractivity contribution in [3.05, 3.63) is 13.0 Å². The molecule has 0 unspecified atom stereocenters. The number of aryl methyl sites for hydroxylation is 1. The maximum atomic E-state index is 10.5. The number of rotatable bonds is 1. The fourth-order valence-electron chi connectivity index (χ4n) is 0.614. The number of carboxylic acid groups (broad SMARTS) is 1. The fraction of sp³-hybridized carbons (Fsp3) is 0.200. The third-order valence-corrected chi connectivity index (χ3v) is 4.42. The van der Waals surface area contributed by atoms with Crippen LogP contribution in [0.5, 0.6) is 0 Å². The maximum absolute atomic E-state index is 10.5. The predicted molar refractivity (Wildman–Crippen MR) is 55.6 cm³/mol. The molecular formula is C5H4I2N2O2. The highest BCUT2D eigenvalue weighted by Crippen LogP contribution is 2.17. The van der Waals surface area contributed by atoms with Gasteiger partial charge in [0, 0.05) is 7.05 Å². The van der Waals surface area contributed by atoms with Gasteiger partial charge in [-0.15, -0.1) is 0 Å². The molecule has 6 heteroatoms. The van der Waals surface area contributed by atoms with E-state index in [-0.39, 0.29) is 5.69 Å². The van der Waals surface area contributed by atoms with E-state index in [0.717, 1.165) is 3.70 Å². The van der Waals surface area contributed by atoms with Crippen LogP contribution >= 0.6 is 45.2 Å². The number of carboxylic acids is 1. The fourth-order valence-corrected chi connectivity index (χ4v) is 1.67. The molecule has 0 aliphatic carbocycles. The Bertz CT molecular complexity index is 308. The summed E-state index contributed by atoms with van der Waals surface area (Å²) in [4.78, 5) is 10.5. The van der Waals surface area contributed by atoms with Crippen molar-refractivity contribution >= 4 is 51.2 Å². The first kappa shape index (κ1) is 9.23. The van der Waals surface area contributed by atoms with Crippen molar-refractivity contribution in [2.75, 3.05) is 0 Å². The van der Waals surface area contributed by atoms with Gasteiger partial charge in [0.1, 0.15) is 3.70 Å². The van der Waals surface area contributed by atoms with Gasteiger partial charge in [0.2, 0.25) is 0 Å². The highest BCUT2D eigenvalue weighted by atomic mass is 127. The van der Waals surface area contributed by atoms with Gasteiger partial charge in [0.05, 0.1) is 3.57 Å². The largest absolute Gasteiger partial charge is 0.476 e. The van der Waals surface area contributed by atoms with E-state index in [1.807, 2.05) is 22.6 Å². The first-order valence-electron chi connectivity index (χ1n) is 2.65. The Labute approximate surface area is 90.2 Å². The van der Waals surface area contributed by atoms with Gasteiger partial charge in [0.25, 0.3) is 0 Å². The minimum atomic E-state index is -0.979. The Balaban J connectivity index is 3.29. The van der Waals surface area contributed by atoms with E-state index in [1.54, 1.807) is 11.7 Å². The highest BCUT2D eigenvalue weighted by Gasteiger charge is 2.16. The molecule has 60 valence electrons. The van der Waals surface area contributed by atoms with Gasteiger partial charge in [-0.05, 0) is 45.2 Å². The number of aromatic carboxylic acids is 1. The van der Waals surface area contributed by atoms with Crippen LogP contribution in [0, 0.1) is 7.27 Å². The lowest BCUT2D eigenvalue weighted by atomic mass is 10.4. The summed E-state index contributed by atoms with van der Waals surface area (Å²) in [6, 6.07) is 0. The van der Waals surface area contributed by atoms with Gasteiger partial charge in [-0.1, -0.05) is 0 Å². The molecule has 0 aromatic carbocycles. The van der Waals surface area contributed by atoms with E-state index in [1.165, 1.54) is 0 Å². The summed E-state index contributed by atoms with van der Waals surface area (Å²) in [5, 5.41) is 12.4. The highest BCUT2D eigenvalue weighted by molar-refractivity contribution is 14.1. The topological polar surface area (TPSA) is 55.1 Å². The smallest absolute Gasteiger partial charge is 0.357 e. The Morgan fingerprint density at radius 1 is 1.64 bits per heavy atom. The van der Waals surface area contributed by atoms with Crippen LogP contribution in [0.25, 0.3) is 0 Å². The average molecular weight is 378 g/mol. The van der Waals surface area contributed by atoms with Gasteiger partial charge in [-0.2, -0.15) is 5.10 Å². The van der Waals surface area contributed by atoms with E-state index in [9.17, 15) is 4.79 Å². The van der Waals surface area contributed by atoms with Crippen LogP contribution in [-0.4, -0.2) is 20.9 Å². The molecule has 1 rings (SSSR count). The quantitative estimate of drug-likeness (QED) is 0.751. The molecule has 0 fully saturated rings. The molecule has 0 atom stereocenters. The second-order valence-electron chi connectivity index (χ2n) is 1.88. The minimum absolute atomic E-state index is 0.123.